The zero-order valence-corrected chi connectivity index (χ0v) is 13.7. The molecule has 2 rings (SSSR count). The molecule has 0 radical (unpaired) electrons. The Labute approximate surface area is 124 Å². The lowest BCUT2D eigenvalue weighted by atomic mass is 9.98. The first-order valence-corrected chi connectivity index (χ1v) is 8.05. The normalized spacial score (nSPS) is 25.1. The predicted octanol–water partition coefficient (Wildman–Crippen LogP) is 3.68. The highest BCUT2D eigenvalue weighted by Crippen LogP contribution is 2.27. The van der Waals surface area contributed by atoms with Crippen molar-refractivity contribution in [3.63, 3.8) is 0 Å². The zero-order valence-electron chi connectivity index (χ0n) is 13.7. The van der Waals surface area contributed by atoms with E-state index in [-0.39, 0.29) is 0 Å². The molecule has 0 aromatic heterocycles. The van der Waals surface area contributed by atoms with E-state index in [1.165, 1.54) is 29.7 Å². The van der Waals surface area contributed by atoms with Gasteiger partial charge in [0.25, 0.3) is 0 Å². The molecule has 1 saturated heterocycles. The molecule has 0 aliphatic carbocycles. The van der Waals surface area contributed by atoms with Crippen molar-refractivity contribution in [2.45, 2.75) is 53.1 Å². The van der Waals surface area contributed by atoms with Crippen molar-refractivity contribution in [3.05, 3.63) is 34.9 Å². The van der Waals surface area contributed by atoms with Gasteiger partial charge < -0.3 is 5.32 Å². The van der Waals surface area contributed by atoms with E-state index in [9.17, 15) is 0 Å². The van der Waals surface area contributed by atoms with Gasteiger partial charge in [-0.25, -0.2) is 0 Å². The van der Waals surface area contributed by atoms with Crippen LogP contribution in [0, 0.1) is 19.8 Å². The minimum atomic E-state index is 0.452. The van der Waals surface area contributed by atoms with Gasteiger partial charge in [-0.2, -0.15) is 0 Å². The smallest absolute Gasteiger partial charge is 0.0452 e. The molecule has 1 aromatic rings. The highest BCUT2D eigenvalue weighted by molar-refractivity contribution is 5.33. The molecule has 2 nitrogen and oxygen atoms in total. The van der Waals surface area contributed by atoms with E-state index in [0.29, 0.717) is 6.04 Å². The summed E-state index contributed by atoms with van der Waals surface area (Å²) in [5, 5.41) is 3.69. The molecule has 20 heavy (non-hydrogen) atoms. The number of benzene rings is 1. The SMILES string of the molecule is CCNC(CN1CC(C)CC1C)c1cc(C)ccc1C. The number of likely N-dealkylation sites (tertiary alicyclic amines) is 1. The van der Waals surface area contributed by atoms with E-state index in [4.69, 9.17) is 0 Å². The van der Waals surface area contributed by atoms with E-state index < -0.39 is 0 Å². The number of aryl methyl sites for hydroxylation is 2. The third kappa shape index (κ3) is 3.62. The number of hydrogen-bond donors (Lipinski definition) is 1. The first-order valence-electron chi connectivity index (χ1n) is 8.05. The molecule has 1 aromatic carbocycles. The molecule has 3 atom stereocenters. The zero-order chi connectivity index (χ0) is 14.7. The number of nitrogens with one attached hydrogen (secondary N) is 1. The molecule has 0 amide bonds. The maximum Gasteiger partial charge on any atom is 0.0452 e. The molecule has 2 heteroatoms. The van der Waals surface area contributed by atoms with Gasteiger partial charge in [0.15, 0.2) is 0 Å². The van der Waals surface area contributed by atoms with Gasteiger partial charge in [-0.05, 0) is 50.8 Å². The molecule has 1 fully saturated rings. The summed E-state index contributed by atoms with van der Waals surface area (Å²) < 4.78 is 0. The maximum atomic E-state index is 3.69. The molecule has 0 spiro atoms. The first-order chi connectivity index (χ1) is 9.51. The summed E-state index contributed by atoms with van der Waals surface area (Å²) in [6, 6.07) is 7.99. The number of likely N-dealkylation sites (N-methyl/N-ethyl adjacent to an activating group) is 1. The lowest BCUT2D eigenvalue weighted by Crippen LogP contribution is -2.37. The second-order valence-corrected chi connectivity index (χ2v) is 6.61. The number of hydrogen-bond acceptors (Lipinski definition) is 2. The van der Waals surface area contributed by atoms with Crippen molar-refractivity contribution in [1.29, 1.82) is 0 Å². The molecule has 1 heterocycles. The van der Waals surface area contributed by atoms with Gasteiger partial charge in [-0.3, -0.25) is 4.90 Å². The minimum Gasteiger partial charge on any atom is -0.309 e. The monoisotopic (exact) mass is 274 g/mol. The standard InChI is InChI=1S/C18H30N2/c1-6-19-18(12-20-11-14(3)9-16(20)5)17-10-13(2)7-8-15(17)4/h7-8,10,14,16,18-19H,6,9,11-12H2,1-5H3. The van der Waals surface area contributed by atoms with E-state index >= 15 is 0 Å². The van der Waals surface area contributed by atoms with Gasteiger partial charge in [0, 0.05) is 25.2 Å². The van der Waals surface area contributed by atoms with Crippen LogP contribution in [0.15, 0.2) is 18.2 Å². The molecule has 1 N–H and O–H groups in total. The third-order valence-electron chi connectivity index (χ3n) is 4.59. The van der Waals surface area contributed by atoms with Crippen LogP contribution in [0.5, 0.6) is 0 Å². The summed E-state index contributed by atoms with van der Waals surface area (Å²) >= 11 is 0. The second-order valence-electron chi connectivity index (χ2n) is 6.61. The summed E-state index contributed by atoms with van der Waals surface area (Å²) in [5.74, 6) is 0.839. The average Bonchev–Trinajstić information content (AvgIpc) is 2.70. The van der Waals surface area contributed by atoms with Gasteiger partial charge in [-0.1, -0.05) is 37.6 Å². The van der Waals surface area contributed by atoms with Crippen LogP contribution in [0.3, 0.4) is 0 Å². The Bertz CT molecular complexity index is 441. The van der Waals surface area contributed by atoms with Crippen molar-refractivity contribution in [2.75, 3.05) is 19.6 Å². The molecule has 0 saturated carbocycles. The Morgan fingerprint density at radius 1 is 1.30 bits per heavy atom. The maximum absolute atomic E-state index is 3.69. The summed E-state index contributed by atoms with van der Waals surface area (Å²) in [7, 11) is 0. The summed E-state index contributed by atoms with van der Waals surface area (Å²) in [4.78, 5) is 2.65. The Kier molecular flexibility index (Phi) is 5.22. The molecular weight excluding hydrogens is 244 g/mol. The van der Waals surface area contributed by atoms with Crippen molar-refractivity contribution in [2.24, 2.45) is 5.92 Å². The summed E-state index contributed by atoms with van der Waals surface area (Å²) in [6.45, 7) is 14.8. The Morgan fingerprint density at radius 3 is 2.65 bits per heavy atom. The average molecular weight is 274 g/mol. The summed E-state index contributed by atoms with van der Waals surface area (Å²) in [6.07, 6.45) is 1.34. The molecule has 1 aliphatic rings. The van der Waals surface area contributed by atoms with Crippen LogP contribution in [0.25, 0.3) is 0 Å². The van der Waals surface area contributed by atoms with Crippen LogP contribution in [0.2, 0.25) is 0 Å². The van der Waals surface area contributed by atoms with Crippen LogP contribution in [0.1, 0.15) is 49.9 Å². The van der Waals surface area contributed by atoms with Crippen LogP contribution in [0.4, 0.5) is 0 Å². The van der Waals surface area contributed by atoms with Crippen LogP contribution < -0.4 is 5.32 Å². The van der Waals surface area contributed by atoms with Gasteiger partial charge in [-0.15, -0.1) is 0 Å². The number of rotatable bonds is 5. The fourth-order valence-corrected chi connectivity index (χ4v) is 3.53. The summed E-state index contributed by atoms with van der Waals surface area (Å²) in [5.41, 5.74) is 4.23. The van der Waals surface area contributed by atoms with Crippen molar-refractivity contribution in [1.82, 2.24) is 10.2 Å². The fourth-order valence-electron chi connectivity index (χ4n) is 3.53. The fraction of sp³-hybridized carbons (Fsp3) is 0.667. The Hall–Kier alpha value is -0.860. The predicted molar refractivity (Wildman–Crippen MR) is 87.1 cm³/mol. The van der Waals surface area contributed by atoms with E-state index in [2.05, 4.69) is 63.0 Å². The highest BCUT2D eigenvalue weighted by Gasteiger charge is 2.28. The third-order valence-corrected chi connectivity index (χ3v) is 4.59. The Morgan fingerprint density at radius 2 is 2.05 bits per heavy atom. The Balaban J connectivity index is 2.16. The molecule has 3 unspecified atom stereocenters. The van der Waals surface area contributed by atoms with Gasteiger partial charge in [0.1, 0.15) is 0 Å². The van der Waals surface area contributed by atoms with Crippen LogP contribution in [-0.4, -0.2) is 30.6 Å². The van der Waals surface area contributed by atoms with E-state index in [0.717, 1.165) is 25.0 Å². The van der Waals surface area contributed by atoms with E-state index in [1.54, 1.807) is 0 Å². The van der Waals surface area contributed by atoms with E-state index in [1.807, 2.05) is 0 Å². The minimum absolute atomic E-state index is 0.452. The van der Waals surface area contributed by atoms with Crippen LogP contribution >= 0.6 is 0 Å². The second kappa shape index (κ2) is 6.73. The highest BCUT2D eigenvalue weighted by atomic mass is 15.2. The van der Waals surface area contributed by atoms with Crippen molar-refractivity contribution < 1.29 is 0 Å². The van der Waals surface area contributed by atoms with Crippen molar-refractivity contribution in [3.8, 4) is 0 Å². The van der Waals surface area contributed by atoms with Gasteiger partial charge in [0.2, 0.25) is 0 Å². The van der Waals surface area contributed by atoms with Crippen LogP contribution in [-0.2, 0) is 0 Å². The molecule has 1 aliphatic heterocycles. The topological polar surface area (TPSA) is 15.3 Å². The largest absolute Gasteiger partial charge is 0.309 e. The number of nitrogens with zero attached hydrogens (tertiary/aromatic N) is 1. The molecular formula is C18H30N2. The molecule has 0 bridgehead atoms. The molecule has 112 valence electrons. The lowest BCUT2D eigenvalue weighted by molar-refractivity contribution is 0.235. The van der Waals surface area contributed by atoms with Gasteiger partial charge >= 0.3 is 0 Å². The van der Waals surface area contributed by atoms with Gasteiger partial charge in [0.05, 0.1) is 0 Å². The van der Waals surface area contributed by atoms with Crippen molar-refractivity contribution >= 4 is 0 Å². The first kappa shape index (κ1) is 15.5. The quantitative estimate of drug-likeness (QED) is 0.881. The lowest BCUT2D eigenvalue weighted by Gasteiger charge is -2.29.